The van der Waals surface area contributed by atoms with Gasteiger partial charge >= 0.3 is 12.2 Å². The summed E-state index contributed by atoms with van der Waals surface area (Å²) in [5.74, 6) is -0.820. The van der Waals surface area contributed by atoms with Crippen molar-refractivity contribution < 1.29 is 33.4 Å². The quantitative estimate of drug-likeness (QED) is 0.157. The Balaban J connectivity index is 1.26. The molecule has 1 saturated heterocycles. The van der Waals surface area contributed by atoms with E-state index in [1.54, 1.807) is 20.8 Å². The van der Waals surface area contributed by atoms with E-state index in [1.165, 1.54) is 4.90 Å². The van der Waals surface area contributed by atoms with Crippen LogP contribution in [0.25, 0.3) is 10.8 Å². The molecule has 4 aromatic rings. The van der Waals surface area contributed by atoms with Crippen LogP contribution in [-0.4, -0.2) is 72.3 Å². The predicted octanol–water partition coefficient (Wildman–Crippen LogP) is 5.50. The summed E-state index contributed by atoms with van der Waals surface area (Å²) in [6.45, 7) is 6.05. The molecular formula is C40H46N4O7. The fourth-order valence-corrected chi connectivity index (χ4v) is 5.90. The maximum absolute atomic E-state index is 14.3. The van der Waals surface area contributed by atoms with Crippen molar-refractivity contribution in [1.29, 1.82) is 0 Å². The van der Waals surface area contributed by atoms with Gasteiger partial charge in [-0.05, 0) is 54.3 Å². The average Bonchev–Trinajstić information content (AvgIpc) is 3.55. The van der Waals surface area contributed by atoms with E-state index in [4.69, 9.17) is 14.2 Å². The number of ether oxygens (including phenoxy) is 3. The number of fused-ring (bicyclic) bond motifs is 1. The van der Waals surface area contributed by atoms with Gasteiger partial charge in [0.15, 0.2) is 0 Å². The molecule has 1 fully saturated rings. The minimum absolute atomic E-state index is 0.115. The first-order valence-corrected chi connectivity index (χ1v) is 17.2. The minimum Gasteiger partial charge on any atom is -0.445 e. The standard InChI is InChI=1S/C40H46N4O7/c1-40(2,3)51-39(48)43-34(23-28-12-6-4-7-13-28)37(46)44-25-33(49-27-30-18-19-31-16-10-11-17-32(31)22-30)24-35(44)36(45)41-20-21-42-38(47)50-26-29-14-8-5-9-15-29/h4-19,22,33-35H,20-21,23-27H2,1-3H3,(H,41,45)(H,42,47)(H,43,48)/t33-,34-,35-/m1/s1. The van der Waals surface area contributed by atoms with E-state index < -0.39 is 47.8 Å². The summed E-state index contributed by atoms with van der Waals surface area (Å²) >= 11 is 0. The highest BCUT2D eigenvalue weighted by Crippen LogP contribution is 2.25. The zero-order valence-electron chi connectivity index (χ0n) is 29.3. The van der Waals surface area contributed by atoms with Gasteiger partial charge in [-0.25, -0.2) is 9.59 Å². The number of benzene rings is 4. The van der Waals surface area contributed by atoms with Gasteiger partial charge in [0.1, 0.15) is 24.3 Å². The second-order valence-electron chi connectivity index (χ2n) is 13.5. The van der Waals surface area contributed by atoms with Gasteiger partial charge < -0.3 is 35.1 Å². The van der Waals surface area contributed by atoms with E-state index in [9.17, 15) is 19.2 Å². The lowest BCUT2D eigenvalue weighted by atomic mass is 10.0. The molecule has 5 rings (SSSR count). The molecule has 11 nitrogen and oxygen atoms in total. The molecule has 268 valence electrons. The van der Waals surface area contributed by atoms with Gasteiger partial charge in [0, 0.05) is 32.5 Å². The Labute approximate surface area is 298 Å². The van der Waals surface area contributed by atoms with E-state index in [2.05, 4.69) is 22.0 Å². The van der Waals surface area contributed by atoms with Gasteiger partial charge in [-0.3, -0.25) is 9.59 Å². The zero-order valence-corrected chi connectivity index (χ0v) is 29.3. The number of alkyl carbamates (subject to hydrolysis) is 2. The summed E-state index contributed by atoms with van der Waals surface area (Å²) in [6.07, 6.45) is -1.33. The Morgan fingerprint density at radius 1 is 0.745 bits per heavy atom. The number of hydrogen-bond donors (Lipinski definition) is 3. The molecule has 0 bridgehead atoms. The molecule has 0 aromatic heterocycles. The van der Waals surface area contributed by atoms with E-state index in [0.29, 0.717) is 6.61 Å². The van der Waals surface area contributed by atoms with Crippen LogP contribution in [0.4, 0.5) is 9.59 Å². The Morgan fingerprint density at radius 2 is 1.39 bits per heavy atom. The largest absolute Gasteiger partial charge is 0.445 e. The Hall–Kier alpha value is -5.42. The summed E-state index contributed by atoms with van der Waals surface area (Å²) in [5.41, 5.74) is 1.89. The summed E-state index contributed by atoms with van der Waals surface area (Å²) in [6, 6.07) is 30.9. The normalized spacial score (nSPS) is 16.3. The number of rotatable bonds is 13. The van der Waals surface area contributed by atoms with Crippen molar-refractivity contribution in [1.82, 2.24) is 20.9 Å². The van der Waals surface area contributed by atoms with Crippen LogP contribution in [0.5, 0.6) is 0 Å². The van der Waals surface area contributed by atoms with Crippen molar-refractivity contribution in [3.8, 4) is 0 Å². The number of nitrogens with one attached hydrogen (secondary N) is 3. The molecule has 51 heavy (non-hydrogen) atoms. The molecule has 0 radical (unpaired) electrons. The lowest BCUT2D eigenvalue weighted by Crippen LogP contribution is -2.55. The Morgan fingerprint density at radius 3 is 2.10 bits per heavy atom. The van der Waals surface area contributed by atoms with Gasteiger partial charge in [-0.2, -0.15) is 0 Å². The van der Waals surface area contributed by atoms with Crippen molar-refractivity contribution in [3.63, 3.8) is 0 Å². The van der Waals surface area contributed by atoms with Crippen molar-refractivity contribution >= 4 is 34.8 Å². The molecule has 3 N–H and O–H groups in total. The van der Waals surface area contributed by atoms with E-state index in [-0.39, 0.29) is 39.1 Å². The van der Waals surface area contributed by atoms with Gasteiger partial charge in [0.2, 0.25) is 11.8 Å². The zero-order chi connectivity index (χ0) is 36.2. The molecule has 0 saturated carbocycles. The Kier molecular flexibility index (Phi) is 12.6. The summed E-state index contributed by atoms with van der Waals surface area (Å²) in [4.78, 5) is 54.5. The minimum atomic E-state index is -1.00. The third-order valence-corrected chi connectivity index (χ3v) is 8.33. The second-order valence-corrected chi connectivity index (χ2v) is 13.5. The molecule has 1 aliphatic rings. The number of carbonyl (C=O) groups excluding carboxylic acids is 4. The molecular weight excluding hydrogens is 648 g/mol. The highest BCUT2D eigenvalue weighted by atomic mass is 16.6. The lowest BCUT2D eigenvalue weighted by molar-refractivity contribution is -0.140. The fraction of sp³-hybridized carbons (Fsp3) is 0.350. The number of amides is 4. The summed E-state index contributed by atoms with van der Waals surface area (Å²) < 4.78 is 17.0. The van der Waals surface area contributed by atoms with E-state index in [1.807, 2.05) is 97.1 Å². The SMILES string of the molecule is CC(C)(C)OC(=O)N[C@H](Cc1ccccc1)C(=O)N1C[C@H](OCc2ccc3ccccc3c2)C[C@@H]1C(=O)NCCNC(=O)OCc1ccccc1. The fourth-order valence-electron chi connectivity index (χ4n) is 5.90. The molecule has 0 spiro atoms. The highest BCUT2D eigenvalue weighted by Gasteiger charge is 2.42. The number of carbonyl (C=O) groups is 4. The van der Waals surface area contributed by atoms with Crippen LogP contribution in [0.3, 0.4) is 0 Å². The molecule has 11 heteroatoms. The highest BCUT2D eigenvalue weighted by molar-refractivity contribution is 5.92. The van der Waals surface area contributed by atoms with Crippen LogP contribution >= 0.6 is 0 Å². The number of likely N-dealkylation sites (tertiary alicyclic amines) is 1. The van der Waals surface area contributed by atoms with Gasteiger partial charge in [0.25, 0.3) is 0 Å². The molecule has 3 atom stereocenters. The summed E-state index contributed by atoms with van der Waals surface area (Å²) in [7, 11) is 0. The van der Waals surface area contributed by atoms with Gasteiger partial charge in [-0.1, -0.05) is 97.1 Å². The maximum Gasteiger partial charge on any atom is 0.408 e. The average molecular weight is 695 g/mol. The van der Waals surface area contributed by atoms with Crippen LogP contribution in [0.1, 0.15) is 43.9 Å². The van der Waals surface area contributed by atoms with Crippen LogP contribution in [0, 0.1) is 0 Å². The first-order chi connectivity index (χ1) is 24.5. The summed E-state index contributed by atoms with van der Waals surface area (Å²) in [5, 5.41) is 10.4. The first-order valence-electron chi connectivity index (χ1n) is 17.2. The van der Waals surface area contributed by atoms with Crippen LogP contribution in [0.2, 0.25) is 0 Å². The number of hydrogen-bond acceptors (Lipinski definition) is 7. The molecule has 4 aromatic carbocycles. The predicted molar refractivity (Wildman–Crippen MR) is 194 cm³/mol. The molecule has 4 amide bonds. The molecule has 1 heterocycles. The van der Waals surface area contributed by atoms with Crippen LogP contribution in [0.15, 0.2) is 103 Å². The third-order valence-electron chi connectivity index (χ3n) is 8.33. The van der Waals surface area contributed by atoms with Crippen LogP contribution < -0.4 is 16.0 Å². The van der Waals surface area contributed by atoms with Crippen molar-refractivity contribution in [2.75, 3.05) is 19.6 Å². The monoisotopic (exact) mass is 694 g/mol. The molecule has 1 aliphatic heterocycles. The van der Waals surface area contributed by atoms with Crippen molar-refractivity contribution in [2.24, 2.45) is 0 Å². The number of nitrogens with zero attached hydrogens (tertiary/aromatic N) is 1. The van der Waals surface area contributed by atoms with Crippen molar-refractivity contribution in [3.05, 3.63) is 120 Å². The lowest BCUT2D eigenvalue weighted by Gasteiger charge is -2.29. The third kappa shape index (κ3) is 11.3. The van der Waals surface area contributed by atoms with Gasteiger partial charge in [-0.15, -0.1) is 0 Å². The first kappa shape index (κ1) is 36.9. The van der Waals surface area contributed by atoms with Crippen LogP contribution in [-0.2, 0) is 43.4 Å². The Bertz CT molecular complexity index is 1780. The second kappa shape index (κ2) is 17.5. The van der Waals surface area contributed by atoms with Crippen molar-refractivity contribution in [2.45, 2.75) is 70.6 Å². The topological polar surface area (TPSA) is 135 Å². The maximum atomic E-state index is 14.3. The van der Waals surface area contributed by atoms with Gasteiger partial charge in [0.05, 0.1) is 12.7 Å². The van der Waals surface area contributed by atoms with E-state index >= 15 is 0 Å². The van der Waals surface area contributed by atoms with E-state index in [0.717, 1.165) is 27.5 Å². The molecule has 0 unspecified atom stereocenters. The smallest absolute Gasteiger partial charge is 0.408 e. The molecule has 0 aliphatic carbocycles.